The molecule has 0 bridgehead atoms. The van der Waals surface area contributed by atoms with Gasteiger partial charge in [-0.05, 0) is 55.9 Å². The smallest absolute Gasteiger partial charge is 0.224 e. The Kier molecular flexibility index (Phi) is 8.72. The lowest BCUT2D eigenvalue weighted by Gasteiger charge is -2.27. The Balaban J connectivity index is 0.00000306. The van der Waals surface area contributed by atoms with Gasteiger partial charge in [0.05, 0.1) is 5.69 Å². The summed E-state index contributed by atoms with van der Waals surface area (Å²) in [5.41, 5.74) is 4.17. The summed E-state index contributed by atoms with van der Waals surface area (Å²) in [5, 5.41) is 16.8. The van der Waals surface area contributed by atoms with Gasteiger partial charge in [0.2, 0.25) is 5.91 Å². The van der Waals surface area contributed by atoms with Gasteiger partial charge in [-0.3, -0.25) is 9.59 Å². The largest absolute Gasteiger partial charge is 0.490 e. The van der Waals surface area contributed by atoms with Gasteiger partial charge in [-0.25, -0.2) is 0 Å². The number of rotatable bonds is 9. The molecule has 0 radical (unpaired) electrons. The number of fused-ring (bicyclic) bond motifs is 2. The maximum absolute atomic E-state index is 11.9. The standard InChI is InChI=1S/C25H30N2O5.ClH/c1-16(28)14-31-23-10-9-22(21-8-11-24(30)27-25(21)23)32-15-20(29)13-26-19-7-6-17-4-2-3-5-18(17)12-19;/h2-5,9-10,19-20,26,29H,6-8,11-15H2,1H3,(H,27,30);1H. The minimum Gasteiger partial charge on any atom is -0.490 e. The van der Waals surface area contributed by atoms with E-state index in [-0.39, 0.29) is 37.3 Å². The van der Waals surface area contributed by atoms with Gasteiger partial charge in [-0.15, -0.1) is 12.4 Å². The number of aryl methyl sites for hydroxylation is 1. The van der Waals surface area contributed by atoms with Crippen LogP contribution in [-0.4, -0.2) is 48.7 Å². The molecule has 2 unspecified atom stereocenters. The topological polar surface area (TPSA) is 96.9 Å². The van der Waals surface area contributed by atoms with Crippen molar-refractivity contribution in [2.75, 3.05) is 25.1 Å². The first-order valence-electron chi connectivity index (χ1n) is 11.2. The molecule has 1 aliphatic heterocycles. The Morgan fingerprint density at radius 1 is 1.12 bits per heavy atom. The van der Waals surface area contributed by atoms with Crippen molar-refractivity contribution >= 4 is 29.8 Å². The number of ketones is 1. The number of hydrogen-bond donors (Lipinski definition) is 3. The molecule has 33 heavy (non-hydrogen) atoms. The molecule has 1 amide bonds. The summed E-state index contributed by atoms with van der Waals surface area (Å²) in [6, 6.07) is 12.3. The fraction of sp³-hybridized carbons (Fsp3) is 0.440. The molecule has 2 aliphatic rings. The summed E-state index contributed by atoms with van der Waals surface area (Å²) in [6.07, 6.45) is 3.29. The van der Waals surface area contributed by atoms with E-state index in [1.165, 1.54) is 18.1 Å². The van der Waals surface area contributed by atoms with Crippen molar-refractivity contribution in [1.82, 2.24) is 5.32 Å². The number of aliphatic hydroxyl groups excluding tert-OH is 1. The lowest BCUT2D eigenvalue weighted by atomic mass is 9.88. The van der Waals surface area contributed by atoms with Crippen molar-refractivity contribution in [3.8, 4) is 11.5 Å². The first kappa shape index (κ1) is 25.0. The number of amides is 1. The Hall–Kier alpha value is -2.61. The van der Waals surface area contributed by atoms with Gasteiger partial charge in [0.15, 0.2) is 5.78 Å². The number of carbonyl (C=O) groups is 2. The number of halogens is 1. The number of benzene rings is 2. The average molecular weight is 475 g/mol. The van der Waals surface area contributed by atoms with Crippen LogP contribution in [0, 0.1) is 0 Å². The van der Waals surface area contributed by atoms with E-state index in [9.17, 15) is 14.7 Å². The van der Waals surface area contributed by atoms with E-state index in [1.807, 2.05) is 0 Å². The third-order valence-electron chi connectivity index (χ3n) is 5.95. The van der Waals surface area contributed by atoms with E-state index >= 15 is 0 Å². The molecule has 8 heteroatoms. The van der Waals surface area contributed by atoms with Crippen LogP contribution < -0.4 is 20.1 Å². The van der Waals surface area contributed by atoms with E-state index in [0.717, 1.165) is 24.8 Å². The lowest BCUT2D eigenvalue weighted by Crippen LogP contribution is -2.40. The maximum Gasteiger partial charge on any atom is 0.224 e. The van der Waals surface area contributed by atoms with Gasteiger partial charge in [0.25, 0.3) is 0 Å². The van der Waals surface area contributed by atoms with Crippen LogP contribution in [0.2, 0.25) is 0 Å². The van der Waals surface area contributed by atoms with Crippen LogP contribution in [-0.2, 0) is 28.9 Å². The molecule has 0 spiro atoms. The van der Waals surface area contributed by atoms with Gasteiger partial charge in [-0.1, -0.05) is 24.3 Å². The highest BCUT2D eigenvalue weighted by atomic mass is 35.5. The van der Waals surface area contributed by atoms with Gasteiger partial charge in [0, 0.05) is 24.6 Å². The molecule has 0 aromatic heterocycles. The van der Waals surface area contributed by atoms with Crippen molar-refractivity contribution in [3.63, 3.8) is 0 Å². The number of Topliss-reactive ketones (excluding diaryl/α,β-unsaturated/α-hetero) is 1. The number of ether oxygens (including phenoxy) is 2. The van der Waals surface area contributed by atoms with E-state index in [0.29, 0.717) is 42.6 Å². The van der Waals surface area contributed by atoms with Crippen LogP contribution in [0.15, 0.2) is 36.4 Å². The summed E-state index contributed by atoms with van der Waals surface area (Å²) in [6.45, 7) is 1.98. The molecule has 7 nitrogen and oxygen atoms in total. The summed E-state index contributed by atoms with van der Waals surface area (Å²) in [5.74, 6) is 0.870. The van der Waals surface area contributed by atoms with Gasteiger partial charge in [-0.2, -0.15) is 0 Å². The Bertz CT molecular complexity index is 997. The predicted molar refractivity (Wildman–Crippen MR) is 129 cm³/mol. The molecule has 1 aliphatic carbocycles. The van der Waals surface area contributed by atoms with Crippen molar-refractivity contribution in [1.29, 1.82) is 0 Å². The molecule has 178 valence electrons. The third kappa shape index (κ3) is 6.47. The van der Waals surface area contributed by atoms with E-state index in [2.05, 4.69) is 34.9 Å². The number of carbonyl (C=O) groups excluding carboxylic acids is 2. The summed E-state index contributed by atoms with van der Waals surface area (Å²) in [4.78, 5) is 23.1. The molecule has 0 fully saturated rings. The number of hydrogen-bond acceptors (Lipinski definition) is 6. The van der Waals surface area contributed by atoms with Gasteiger partial charge >= 0.3 is 0 Å². The van der Waals surface area contributed by atoms with Crippen LogP contribution >= 0.6 is 12.4 Å². The molecule has 1 heterocycles. The van der Waals surface area contributed by atoms with Crippen molar-refractivity contribution < 1.29 is 24.2 Å². The number of nitrogens with one attached hydrogen (secondary N) is 2. The molecule has 2 aromatic rings. The second-order valence-electron chi connectivity index (χ2n) is 8.54. The van der Waals surface area contributed by atoms with Crippen LogP contribution in [0.1, 0.15) is 36.5 Å². The van der Waals surface area contributed by atoms with Crippen molar-refractivity contribution in [2.45, 2.75) is 51.2 Å². The molecule has 2 atom stereocenters. The summed E-state index contributed by atoms with van der Waals surface area (Å²) < 4.78 is 11.5. The van der Waals surface area contributed by atoms with Crippen LogP contribution in [0.3, 0.4) is 0 Å². The zero-order valence-electron chi connectivity index (χ0n) is 18.8. The SMILES string of the molecule is CC(=O)COc1ccc(OCC(O)CNC2CCc3ccccc3C2)c2c1NC(=O)CC2.Cl. The molecule has 2 aromatic carbocycles. The fourth-order valence-corrected chi connectivity index (χ4v) is 4.29. The molecular weight excluding hydrogens is 444 g/mol. The van der Waals surface area contributed by atoms with E-state index < -0.39 is 6.10 Å². The Morgan fingerprint density at radius 2 is 1.88 bits per heavy atom. The lowest BCUT2D eigenvalue weighted by molar-refractivity contribution is -0.119. The van der Waals surface area contributed by atoms with Crippen molar-refractivity contribution in [2.24, 2.45) is 0 Å². The zero-order valence-corrected chi connectivity index (χ0v) is 19.6. The highest BCUT2D eigenvalue weighted by Gasteiger charge is 2.24. The van der Waals surface area contributed by atoms with Crippen LogP contribution in [0.4, 0.5) is 5.69 Å². The second kappa shape index (κ2) is 11.5. The summed E-state index contributed by atoms with van der Waals surface area (Å²) in [7, 11) is 0. The average Bonchev–Trinajstić information content (AvgIpc) is 2.80. The third-order valence-corrected chi connectivity index (χ3v) is 5.95. The number of anilines is 1. The van der Waals surface area contributed by atoms with E-state index in [4.69, 9.17) is 9.47 Å². The molecule has 3 N–H and O–H groups in total. The highest BCUT2D eigenvalue weighted by Crippen LogP contribution is 2.39. The maximum atomic E-state index is 11.9. The quantitative estimate of drug-likeness (QED) is 0.517. The van der Waals surface area contributed by atoms with Gasteiger partial charge < -0.3 is 25.2 Å². The summed E-state index contributed by atoms with van der Waals surface area (Å²) >= 11 is 0. The zero-order chi connectivity index (χ0) is 22.5. The minimum atomic E-state index is -0.658. The van der Waals surface area contributed by atoms with Crippen molar-refractivity contribution in [3.05, 3.63) is 53.1 Å². The monoisotopic (exact) mass is 474 g/mol. The molecule has 4 rings (SSSR count). The molecule has 0 saturated heterocycles. The highest BCUT2D eigenvalue weighted by molar-refractivity contribution is 5.96. The Morgan fingerprint density at radius 3 is 2.67 bits per heavy atom. The molecule has 0 saturated carbocycles. The molecular formula is C25H31ClN2O5. The number of aliphatic hydroxyl groups is 1. The van der Waals surface area contributed by atoms with E-state index in [1.54, 1.807) is 12.1 Å². The van der Waals surface area contributed by atoms with Crippen LogP contribution in [0.5, 0.6) is 11.5 Å². The fourth-order valence-electron chi connectivity index (χ4n) is 4.29. The van der Waals surface area contributed by atoms with Crippen LogP contribution in [0.25, 0.3) is 0 Å². The first-order valence-corrected chi connectivity index (χ1v) is 11.2. The van der Waals surface area contributed by atoms with Gasteiger partial charge in [0.1, 0.15) is 30.8 Å². The predicted octanol–water partition coefficient (Wildman–Crippen LogP) is 2.85. The Labute approximate surface area is 200 Å². The first-order chi connectivity index (χ1) is 15.5. The second-order valence-corrected chi connectivity index (χ2v) is 8.54. The normalized spacial score (nSPS) is 17.6. The minimum absolute atomic E-state index is 0.